The largest absolute Gasteiger partial charge is 0.324 e. The van der Waals surface area contributed by atoms with Gasteiger partial charge in [0, 0.05) is 47.6 Å². The summed E-state index contributed by atoms with van der Waals surface area (Å²) < 4.78 is 0. The van der Waals surface area contributed by atoms with Crippen LogP contribution in [0.1, 0.15) is 40.7 Å². The van der Waals surface area contributed by atoms with Gasteiger partial charge in [-0.15, -0.1) is 0 Å². The third-order valence-corrected chi connectivity index (χ3v) is 6.72. The molecule has 1 aliphatic heterocycles. The maximum Gasteiger partial charge on any atom is 0.255 e. The maximum absolute atomic E-state index is 12.9. The van der Waals surface area contributed by atoms with Crippen LogP contribution < -0.4 is 10.6 Å². The normalized spacial score (nSPS) is 15.6. The van der Waals surface area contributed by atoms with E-state index < -0.39 is 0 Å². The van der Waals surface area contributed by atoms with E-state index in [2.05, 4.69) is 49.5 Å². The van der Waals surface area contributed by atoms with Crippen molar-refractivity contribution in [3.63, 3.8) is 0 Å². The van der Waals surface area contributed by atoms with E-state index in [0.29, 0.717) is 23.1 Å². The Kier molecular flexibility index (Phi) is 7.00. The molecule has 3 heterocycles. The summed E-state index contributed by atoms with van der Waals surface area (Å²) in [4.78, 5) is 28.5. The topological polar surface area (TPSA) is 83.0 Å². The monoisotopic (exact) mass is 478 g/mol. The molecule has 1 amide bonds. The van der Waals surface area contributed by atoms with Crippen LogP contribution in [0, 0.1) is 6.92 Å². The predicted molar refractivity (Wildman–Crippen MR) is 144 cm³/mol. The highest BCUT2D eigenvalue weighted by Crippen LogP contribution is 2.28. The minimum atomic E-state index is -0.132. The number of benzene rings is 2. The molecular weight excluding hydrogens is 448 g/mol. The minimum Gasteiger partial charge on any atom is -0.324 e. The van der Waals surface area contributed by atoms with Crippen LogP contribution in [-0.4, -0.2) is 45.4 Å². The molecule has 2 aromatic carbocycles. The number of nitrogens with zero attached hydrogens (tertiary/aromatic N) is 4. The number of carbonyl (C=O) groups excluding carboxylic acids is 1. The minimum absolute atomic E-state index is 0.132. The van der Waals surface area contributed by atoms with Crippen molar-refractivity contribution in [2.24, 2.45) is 0 Å². The van der Waals surface area contributed by atoms with E-state index in [9.17, 15) is 4.79 Å². The van der Waals surface area contributed by atoms with Gasteiger partial charge in [-0.1, -0.05) is 25.1 Å². The van der Waals surface area contributed by atoms with Crippen LogP contribution in [0.4, 0.5) is 17.3 Å². The lowest BCUT2D eigenvalue weighted by Crippen LogP contribution is -2.19. The first-order chi connectivity index (χ1) is 17.6. The van der Waals surface area contributed by atoms with E-state index in [1.54, 1.807) is 18.6 Å². The summed E-state index contributed by atoms with van der Waals surface area (Å²) in [5, 5.41) is 6.30. The van der Waals surface area contributed by atoms with Gasteiger partial charge >= 0.3 is 0 Å². The predicted octanol–water partition coefficient (Wildman–Crippen LogP) is 5.65. The van der Waals surface area contributed by atoms with Gasteiger partial charge in [0.1, 0.15) is 0 Å². The summed E-state index contributed by atoms with van der Waals surface area (Å²) in [7, 11) is 0. The average molecular weight is 479 g/mol. The number of anilines is 3. The van der Waals surface area contributed by atoms with Crippen molar-refractivity contribution in [1.82, 2.24) is 19.9 Å². The van der Waals surface area contributed by atoms with E-state index in [0.717, 1.165) is 42.1 Å². The molecule has 5 rings (SSSR count). The van der Waals surface area contributed by atoms with Crippen molar-refractivity contribution in [3.05, 3.63) is 95.9 Å². The second-order valence-corrected chi connectivity index (χ2v) is 9.12. The van der Waals surface area contributed by atoms with E-state index in [1.165, 1.54) is 12.0 Å². The Morgan fingerprint density at radius 3 is 2.69 bits per heavy atom. The number of nitrogens with one attached hydrogen (secondary N) is 2. The van der Waals surface area contributed by atoms with Gasteiger partial charge in [0.15, 0.2) is 0 Å². The molecule has 1 aliphatic rings. The van der Waals surface area contributed by atoms with Gasteiger partial charge in [-0.25, -0.2) is 9.97 Å². The second kappa shape index (κ2) is 10.7. The number of hydrogen-bond donors (Lipinski definition) is 2. The number of hydrogen-bond acceptors (Lipinski definition) is 6. The number of rotatable bonds is 7. The van der Waals surface area contributed by atoms with Gasteiger partial charge in [-0.2, -0.15) is 0 Å². The molecule has 0 aliphatic carbocycles. The first kappa shape index (κ1) is 23.6. The molecule has 7 nitrogen and oxygen atoms in total. The zero-order valence-electron chi connectivity index (χ0n) is 20.6. The van der Waals surface area contributed by atoms with Gasteiger partial charge in [0.05, 0.1) is 5.69 Å². The van der Waals surface area contributed by atoms with Gasteiger partial charge in [0.2, 0.25) is 5.95 Å². The Balaban J connectivity index is 1.27. The molecule has 0 radical (unpaired) electrons. The average Bonchev–Trinajstić information content (AvgIpc) is 3.41. The van der Waals surface area contributed by atoms with Gasteiger partial charge in [-0.3, -0.25) is 9.78 Å². The first-order valence-electron chi connectivity index (χ1n) is 12.3. The molecule has 0 spiro atoms. The van der Waals surface area contributed by atoms with Crippen LogP contribution >= 0.6 is 0 Å². The summed E-state index contributed by atoms with van der Waals surface area (Å²) in [6.07, 6.45) is 6.39. The molecule has 182 valence electrons. The van der Waals surface area contributed by atoms with E-state index >= 15 is 0 Å². The Morgan fingerprint density at radius 2 is 1.94 bits per heavy atom. The highest BCUT2D eigenvalue weighted by molar-refractivity contribution is 6.04. The molecule has 1 saturated heterocycles. The zero-order valence-corrected chi connectivity index (χ0v) is 20.6. The van der Waals surface area contributed by atoms with Crippen LogP contribution in [0.15, 0.2) is 79.3 Å². The molecule has 2 N–H and O–H groups in total. The molecule has 1 unspecified atom stereocenters. The Hall–Kier alpha value is -4.10. The number of aryl methyl sites for hydroxylation is 1. The van der Waals surface area contributed by atoms with E-state index in [1.807, 2.05) is 55.5 Å². The summed E-state index contributed by atoms with van der Waals surface area (Å²) in [6.45, 7) is 7.53. The van der Waals surface area contributed by atoms with E-state index in [-0.39, 0.29) is 5.91 Å². The zero-order chi connectivity index (χ0) is 24.9. The van der Waals surface area contributed by atoms with E-state index in [4.69, 9.17) is 0 Å². The maximum atomic E-state index is 12.9. The second-order valence-electron chi connectivity index (χ2n) is 9.12. The Morgan fingerprint density at radius 1 is 1.08 bits per heavy atom. The fourth-order valence-corrected chi connectivity index (χ4v) is 4.55. The SMILES string of the molecule is CCN1CCC(c2ccc(C(=O)Nc3ccc(C)c(Nc4nccc(-c5cccnc5)n4)c3)cc2)C1. The first-order valence-corrected chi connectivity index (χ1v) is 12.3. The van der Waals surface area contributed by atoms with Crippen molar-refractivity contribution in [3.8, 4) is 11.3 Å². The van der Waals surface area contributed by atoms with Gasteiger partial charge in [-0.05, 0) is 85.9 Å². The molecule has 0 bridgehead atoms. The summed E-state index contributed by atoms with van der Waals surface area (Å²) in [5.74, 6) is 0.895. The number of pyridine rings is 1. The van der Waals surface area contributed by atoms with Crippen LogP contribution in [0.25, 0.3) is 11.3 Å². The molecule has 1 fully saturated rings. The Bertz CT molecular complexity index is 1340. The highest BCUT2D eigenvalue weighted by atomic mass is 16.1. The standard InChI is InChI=1S/C29H30N6O/c1-3-35-16-13-24(19-35)21-7-9-22(10-8-21)28(36)32-25-11-6-20(2)27(17-25)34-29-31-15-12-26(33-29)23-5-4-14-30-18-23/h4-12,14-15,17-18,24H,3,13,16,19H2,1-2H3,(H,32,36)(H,31,33,34). The Labute approximate surface area is 211 Å². The van der Waals surface area contributed by atoms with Crippen molar-refractivity contribution < 1.29 is 4.79 Å². The molecule has 2 aromatic heterocycles. The van der Waals surface area contributed by atoms with Crippen molar-refractivity contribution >= 4 is 23.2 Å². The molecular formula is C29H30N6O. The van der Waals surface area contributed by atoms with Crippen molar-refractivity contribution in [2.75, 3.05) is 30.3 Å². The lowest BCUT2D eigenvalue weighted by Gasteiger charge is -2.14. The van der Waals surface area contributed by atoms with Crippen molar-refractivity contribution in [1.29, 1.82) is 0 Å². The number of carbonyl (C=O) groups is 1. The van der Waals surface area contributed by atoms with Crippen LogP contribution in [-0.2, 0) is 0 Å². The van der Waals surface area contributed by atoms with Crippen LogP contribution in [0.2, 0.25) is 0 Å². The lowest BCUT2D eigenvalue weighted by atomic mass is 9.97. The highest BCUT2D eigenvalue weighted by Gasteiger charge is 2.22. The van der Waals surface area contributed by atoms with Crippen LogP contribution in [0.3, 0.4) is 0 Å². The molecule has 7 heteroatoms. The van der Waals surface area contributed by atoms with Gasteiger partial charge in [0.25, 0.3) is 5.91 Å². The number of likely N-dealkylation sites (N-methyl/N-ethyl adjacent to an activating group) is 1. The quantitative estimate of drug-likeness (QED) is 0.357. The smallest absolute Gasteiger partial charge is 0.255 e. The third-order valence-electron chi connectivity index (χ3n) is 6.72. The number of aromatic nitrogens is 3. The molecule has 0 saturated carbocycles. The van der Waals surface area contributed by atoms with Crippen molar-refractivity contribution in [2.45, 2.75) is 26.2 Å². The summed E-state index contributed by atoms with van der Waals surface area (Å²) in [5.41, 5.74) is 6.20. The summed E-state index contributed by atoms with van der Waals surface area (Å²) in [6, 6.07) is 19.5. The number of amides is 1. The fourth-order valence-electron chi connectivity index (χ4n) is 4.55. The van der Waals surface area contributed by atoms with Gasteiger partial charge < -0.3 is 15.5 Å². The fraction of sp³-hybridized carbons (Fsp3) is 0.241. The summed E-state index contributed by atoms with van der Waals surface area (Å²) >= 11 is 0. The third kappa shape index (κ3) is 5.42. The molecule has 1 atom stereocenters. The molecule has 36 heavy (non-hydrogen) atoms. The number of likely N-dealkylation sites (tertiary alicyclic amines) is 1. The lowest BCUT2D eigenvalue weighted by molar-refractivity contribution is 0.102. The molecule has 4 aromatic rings. The van der Waals surface area contributed by atoms with Crippen LogP contribution in [0.5, 0.6) is 0 Å².